The van der Waals surface area contributed by atoms with E-state index in [4.69, 9.17) is 19.9 Å². The van der Waals surface area contributed by atoms with Gasteiger partial charge in [0.15, 0.2) is 0 Å². The summed E-state index contributed by atoms with van der Waals surface area (Å²) in [6.45, 7) is 9.36. The minimum Gasteiger partial charge on any atom is -0.424 e. The summed E-state index contributed by atoms with van der Waals surface area (Å²) in [4.78, 5) is 15.9. The van der Waals surface area contributed by atoms with E-state index in [1.807, 2.05) is 30.3 Å². The van der Waals surface area contributed by atoms with E-state index in [1.54, 1.807) is 0 Å². The third kappa shape index (κ3) is 10.2. The van der Waals surface area contributed by atoms with Crippen molar-refractivity contribution in [2.45, 2.75) is 39.5 Å². The number of aromatic nitrogens is 3. The summed E-state index contributed by atoms with van der Waals surface area (Å²) < 4.78 is 16.8. The number of nitrogens with two attached hydrogens (primary N) is 1. The van der Waals surface area contributed by atoms with Crippen LogP contribution in [0.5, 0.6) is 11.8 Å². The zero-order chi connectivity index (χ0) is 22.9. The van der Waals surface area contributed by atoms with Gasteiger partial charge in [0, 0.05) is 26.2 Å². The van der Waals surface area contributed by atoms with Crippen molar-refractivity contribution in [1.29, 1.82) is 0 Å². The molecular formula is C23H38N6O3. The van der Waals surface area contributed by atoms with Crippen LogP contribution in [0.4, 0.5) is 11.9 Å². The highest BCUT2D eigenvalue weighted by Crippen LogP contribution is 2.21. The summed E-state index contributed by atoms with van der Waals surface area (Å²) in [7, 11) is 0. The Morgan fingerprint density at radius 2 is 1.56 bits per heavy atom. The first kappa shape index (κ1) is 25.8. The number of unbranched alkanes of at least 4 members (excludes halogenated alkanes) is 2. The molecule has 0 atom stereocenters. The molecule has 0 saturated heterocycles. The molecule has 3 N–H and O–H groups in total. The third-order valence-electron chi connectivity index (χ3n) is 4.57. The van der Waals surface area contributed by atoms with Crippen LogP contribution in [0, 0.1) is 0 Å². The molecule has 1 heterocycles. The molecule has 0 unspecified atom stereocenters. The third-order valence-corrected chi connectivity index (χ3v) is 4.57. The molecule has 2 aromatic rings. The van der Waals surface area contributed by atoms with Gasteiger partial charge in [-0.3, -0.25) is 0 Å². The van der Waals surface area contributed by atoms with Crippen LogP contribution >= 0.6 is 0 Å². The molecule has 0 spiro atoms. The van der Waals surface area contributed by atoms with Gasteiger partial charge in [0.1, 0.15) is 5.75 Å². The van der Waals surface area contributed by atoms with Crippen LogP contribution in [0.2, 0.25) is 0 Å². The maximum absolute atomic E-state index is 5.91. The molecule has 178 valence electrons. The van der Waals surface area contributed by atoms with Gasteiger partial charge in [0.05, 0.1) is 26.4 Å². The maximum Gasteiger partial charge on any atom is 0.328 e. The van der Waals surface area contributed by atoms with Crippen molar-refractivity contribution in [3.8, 4) is 11.8 Å². The Morgan fingerprint density at radius 3 is 2.22 bits per heavy atom. The van der Waals surface area contributed by atoms with Crippen LogP contribution in [-0.4, -0.2) is 67.6 Å². The predicted molar refractivity (Wildman–Crippen MR) is 128 cm³/mol. The van der Waals surface area contributed by atoms with Crippen molar-refractivity contribution in [3.05, 3.63) is 30.3 Å². The van der Waals surface area contributed by atoms with Gasteiger partial charge in [-0.2, -0.15) is 15.0 Å². The highest BCUT2D eigenvalue weighted by atomic mass is 16.5. The van der Waals surface area contributed by atoms with Gasteiger partial charge in [-0.15, -0.1) is 0 Å². The smallest absolute Gasteiger partial charge is 0.328 e. The second-order valence-electron chi connectivity index (χ2n) is 7.29. The van der Waals surface area contributed by atoms with Crippen LogP contribution in [0.1, 0.15) is 39.5 Å². The molecule has 9 heteroatoms. The number of nitrogens with one attached hydrogen (secondary N) is 1. The highest BCUT2D eigenvalue weighted by molar-refractivity contribution is 5.39. The Kier molecular flexibility index (Phi) is 13.0. The second kappa shape index (κ2) is 16.2. The summed E-state index contributed by atoms with van der Waals surface area (Å²) in [5.41, 5.74) is 5.39. The fourth-order valence-electron chi connectivity index (χ4n) is 2.86. The molecule has 32 heavy (non-hydrogen) atoms. The number of rotatable bonds is 18. The van der Waals surface area contributed by atoms with Crippen molar-refractivity contribution >= 4 is 11.9 Å². The lowest BCUT2D eigenvalue weighted by atomic mass is 10.3. The SMILES string of the molecule is CCCCN(CCCC)c1nc(NCCOCCOCCN)nc(Oc2ccccc2)n1. The van der Waals surface area contributed by atoms with Crippen LogP contribution in [-0.2, 0) is 9.47 Å². The Labute approximate surface area is 191 Å². The fourth-order valence-corrected chi connectivity index (χ4v) is 2.86. The molecule has 0 amide bonds. The quantitative estimate of drug-likeness (QED) is 0.333. The van der Waals surface area contributed by atoms with Crippen LogP contribution in [0.25, 0.3) is 0 Å². The molecule has 1 aromatic heterocycles. The van der Waals surface area contributed by atoms with Crippen molar-refractivity contribution in [2.75, 3.05) is 62.8 Å². The van der Waals surface area contributed by atoms with E-state index in [9.17, 15) is 0 Å². The normalized spacial score (nSPS) is 10.8. The fraction of sp³-hybridized carbons (Fsp3) is 0.609. The van der Waals surface area contributed by atoms with Crippen LogP contribution < -0.4 is 20.7 Å². The van der Waals surface area contributed by atoms with E-state index in [1.165, 1.54) is 0 Å². The molecule has 0 radical (unpaired) electrons. The number of hydrogen-bond donors (Lipinski definition) is 2. The standard InChI is InChI=1S/C23H38N6O3/c1-3-5-14-29(15-6-4-2)22-26-21(25-13-17-31-19-18-30-16-12-24)27-23(28-22)32-20-10-8-7-9-11-20/h7-11H,3-6,12-19,24H2,1-2H3,(H,25,26,27,28). The summed E-state index contributed by atoms with van der Waals surface area (Å²) >= 11 is 0. The van der Waals surface area contributed by atoms with E-state index in [-0.39, 0.29) is 6.01 Å². The lowest BCUT2D eigenvalue weighted by molar-refractivity contribution is 0.0547. The van der Waals surface area contributed by atoms with Gasteiger partial charge < -0.3 is 30.2 Å². The van der Waals surface area contributed by atoms with Crippen molar-refractivity contribution in [2.24, 2.45) is 5.73 Å². The Bertz CT molecular complexity index is 727. The van der Waals surface area contributed by atoms with Crippen molar-refractivity contribution in [1.82, 2.24) is 15.0 Å². The molecular weight excluding hydrogens is 408 g/mol. The van der Waals surface area contributed by atoms with E-state index in [0.717, 1.165) is 38.8 Å². The topological polar surface area (TPSA) is 108 Å². The summed E-state index contributed by atoms with van der Waals surface area (Å²) in [6.07, 6.45) is 4.37. The van der Waals surface area contributed by atoms with Crippen LogP contribution in [0.15, 0.2) is 30.3 Å². The molecule has 0 fully saturated rings. The number of para-hydroxylation sites is 1. The van der Waals surface area contributed by atoms with Gasteiger partial charge in [0.25, 0.3) is 0 Å². The number of benzene rings is 1. The van der Waals surface area contributed by atoms with E-state index in [2.05, 4.69) is 39.0 Å². The molecule has 0 aliphatic rings. The van der Waals surface area contributed by atoms with E-state index >= 15 is 0 Å². The maximum atomic E-state index is 5.91. The molecule has 0 aliphatic carbocycles. The predicted octanol–water partition coefficient (Wildman–Crippen LogP) is 3.47. The Balaban J connectivity index is 2.05. The molecule has 9 nitrogen and oxygen atoms in total. The minimum absolute atomic E-state index is 0.276. The Hall–Kier alpha value is -2.49. The van der Waals surface area contributed by atoms with Gasteiger partial charge in [-0.25, -0.2) is 0 Å². The first-order valence-electron chi connectivity index (χ1n) is 11.6. The first-order chi connectivity index (χ1) is 15.8. The lowest BCUT2D eigenvalue weighted by Crippen LogP contribution is -2.28. The number of nitrogens with zero attached hydrogens (tertiary/aromatic N) is 4. The lowest BCUT2D eigenvalue weighted by Gasteiger charge is -2.23. The zero-order valence-electron chi connectivity index (χ0n) is 19.5. The van der Waals surface area contributed by atoms with E-state index < -0.39 is 0 Å². The zero-order valence-corrected chi connectivity index (χ0v) is 19.5. The Morgan fingerprint density at radius 1 is 0.875 bits per heavy atom. The molecule has 0 aliphatic heterocycles. The molecule has 0 bridgehead atoms. The van der Waals surface area contributed by atoms with Gasteiger partial charge in [0.2, 0.25) is 11.9 Å². The number of ether oxygens (including phenoxy) is 3. The largest absolute Gasteiger partial charge is 0.424 e. The highest BCUT2D eigenvalue weighted by Gasteiger charge is 2.14. The van der Waals surface area contributed by atoms with Crippen molar-refractivity contribution in [3.63, 3.8) is 0 Å². The molecule has 0 saturated carbocycles. The number of hydrogen-bond acceptors (Lipinski definition) is 9. The minimum atomic E-state index is 0.276. The second-order valence-corrected chi connectivity index (χ2v) is 7.29. The first-order valence-corrected chi connectivity index (χ1v) is 11.6. The molecule has 1 aromatic carbocycles. The average Bonchev–Trinajstić information content (AvgIpc) is 2.81. The summed E-state index contributed by atoms with van der Waals surface area (Å²) in [5.74, 6) is 1.79. The van der Waals surface area contributed by atoms with E-state index in [0.29, 0.717) is 57.2 Å². The number of anilines is 2. The summed E-state index contributed by atoms with van der Waals surface area (Å²) in [6, 6.07) is 9.81. The van der Waals surface area contributed by atoms with Gasteiger partial charge >= 0.3 is 6.01 Å². The van der Waals surface area contributed by atoms with Gasteiger partial charge in [-0.1, -0.05) is 44.9 Å². The van der Waals surface area contributed by atoms with Crippen molar-refractivity contribution < 1.29 is 14.2 Å². The molecule has 2 rings (SSSR count). The summed E-state index contributed by atoms with van der Waals surface area (Å²) in [5, 5.41) is 3.23. The van der Waals surface area contributed by atoms with Gasteiger partial charge in [-0.05, 0) is 25.0 Å². The monoisotopic (exact) mass is 446 g/mol. The average molecular weight is 447 g/mol. The van der Waals surface area contributed by atoms with Crippen LogP contribution in [0.3, 0.4) is 0 Å².